The van der Waals surface area contributed by atoms with Gasteiger partial charge < -0.3 is 20.6 Å². The third-order valence-electron chi connectivity index (χ3n) is 3.95. The van der Waals surface area contributed by atoms with Gasteiger partial charge in [-0.2, -0.15) is 0 Å². The van der Waals surface area contributed by atoms with Gasteiger partial charge >= 0.3 is 12.0 Å². The Morgan fingerprint density at radius 3 is 2.70 bits per heavy atom. The molecule has 114 valence electrons. The van der Waals surface area contributed by atoms with Crippen molar-refractivity contribution in [2.75, 3.05) is 52.4 Å². The van der Waals surface area contributed by atoms with Crippen LogP contribution in [0.1, 0.15) is 12.8 Å². The lowest BCUT2D eigenvalue weighted by atomic mass is 10.1. The number of carboxylic acids is 1. The number of carbonyl (C=O) groups is 2. The molecule has 0 aromatic rings. The van der Waals surface area contributed by atoms with Gasteiger partial charge in [0.2, 0.25) is 0 Å². The number of hydrogen-bond donors (Lipinski definition) is 3. The predicted octanol–water partition coefficient (Wildman–Crippen LogP) is -0.602. The smallest absolute Gasteiger partial charge is 0.317 e. The van der Waals surface area contributed by atoms with E-state index < -0.39 is 5.97 Å². The summed E-state index contributed by atoms with van der Waals surface area (Å²) in [7, 11) is 0. The number of aliphatic carboxylic acids is 1. The molecule has 2 fully saturated rings. The highest BCUT2D eigenvalue weighted by atomic mass is 16.4. The summed E-state index contributed by atoms with van der Waals surface area (Å²) in [5.74, 6) is -0.678. The Labute approximate surface area is 119 Å². The van der Waals surface area contributed by atoms with Crippen molar-refractivity contribution in [1.82, 2.24) is 20.4 Å². The van der Waals surface area contributed by atoms with Crippen LogP contribution in [0.4, 0.5) is 4.79 Å². The van der Waals surface area contributed by atoms with E-state index in [1.807, 2.05) is 0 Å². The first-order chi connectivity index (χ1) is 9.65. The standard InChI is InChI=1S/C13H24N4O3/c18-12(19)9-11-1-5-17(10-11)13(20)15-4-8-16-6-2-14-3-7-16/h11,14H,1-10H2,(H,15,20)(H,18,19). The van der Waals surface area contributed by atoms with E-state index in [2.05, 4.69) is 15.5 Å². The van der Waals surface area contributed by atoms with Gasteiger partial charge in [0.15, 0.2) is 0 Å². The molecule has 0 radical (unpaired) electrons. The van der Waals surface area contributed by atoms with Crippen LogP contribution in [0.2, 0.25) is 0 Å². The van der Waals surface area contributed by atoms with Crippen molar-refractivity contribution in [3.63, 3.8) is 0 Å². The molecule has 0 aromatic heterocycles. The second-order valence-corrected chi connectivity index (χ2v) is 5.52. The molecule has 1 atom stereocenters. The summed E-state index contributed by atoms with van der Waals surface area (Å²) in [6.07, 6.45) is 0.947. The zero-order chi connectivity index (χ0) is 14.4. The molecule has 7 nitrogen and oxygen atoms in total. The van der Waals surface area contributed by atoms with Crippen LogP contribution < -0.4 is 10.6 Å². The summed E-state index contributed by atoms with van der Waals surface area (Å²) in [4.78, 5) is 26.7. The molecule has 20 heavy (non-hydrogen) atoms. The van der Waals surface area contributed by atoms with Crippen LogP contribution in [0.25, 0.3) is 0 Å². The van der Waals surface area contributed by atoms with Gasteiger partial charge in [-0.15, -0.1) is 0 Å². The van der Waals surface area contributed by atoms with Crippen molar-refractivity contribution in [2.24, 2.45) is 5.92 Å². The molecule has 2 rings (SSSR count). The maximum absolute atomic E-state index is 12.0. The van der Waals surface area contributed by atoms with E-state index in [1.54, 1.807) is 4.90 Å². The average molecular weight is 284 g/mol. The number of carbonyl (C=O) groups excluding carboxylic acids is 1. The van der Waals surface area contributed by atoms with E-state index in [-0.39, 0.29) is 18.4 Å². The number of likely N-dealkylation sites (tertiary alicyclic amines) is 1. The molecule has 0 spiro atoms. The molecule has 0 saturated carbocycles. The fourth-order valence-electron chi connectivity index (χ4n) is 2.80. The maximum Gasteiger partial charge on any atom is 0.317 e. The molecule has 0 bridgehead atoms. The lowest BCUT2D eigenvalue weighted by Gasteiger charge is -2.27. The highest BCUT2D eigenvalue weighted by molar-refractivity contribution is 5.74. The van der Waals surface area contributed by atoms with Gasteiger partial charge in [-0.1, -0.05) is 0 Å². The van der Waals surface area contributed by atoms with Crippen molar-refractivity contribution in [2.45, 2.75) is 12.8 Å². The van der Waals surface area contributed by atoms with Crippen molar-refractivity contribution in [1.29, 1.82) is 0 Å². The molecular weight excluding hydrogens is 260 g/mol. The van der Waals surface area contributed by atoms with E-state index in [1.165, 1.54) is 0 Å². The minimum atomic E-state index is -0.782. The van der Waals surface area contributed by atoms with Gasteiger partial charge in [0, 0.05) is 58.8 Å². The summed E-state index contributed by atoms with van der Waals surface area (Å²) in [5.41, 5.74) is 0. The van der Waals surface area contributed by atoms with E-state index in [0.29, 0.717) is 19.6 Å². The topological polar surface area (TPSA) is 84.9 Å². The second-order valence-electron chi connectivity index (χ2n) is 5.52. The third-order valence-corrected chi connectivity index (χ3v) is 3.95. The molecular formula is C13H24N4O3. The quantitative estimate of drug-likeness (QED) is 0.628. The van der Waals surface area contributed by atoms with Crippen LogP contribution >= 0.6 is 0 Å². The Morgan fingerprint density at radius 1 is 1.25 bits per heavy atom. The second kappa shape index (κ2) is 7.44. The highest BCUT2D eigenvalue weighted by Gasteiger charge is 2.27. The van der Waals surface area contributed by atoms with E-state index in [0.717, 1.165) is 39.1 Å². The number of piperazine rings is 1. The minimum Gasteiger partial charge on any atom is -0.481 e. The molecule has 7 heteroatoms. The molecule has 2 aliphatic heterocycles. The molecule has 2 amide bonds. The third kappa shape index (κ3) is 4.64. The zero-order valence-corrected chi connectivity index (χ0v) is 11.8. The van der Waals surface area contributed by atoms with Gasteiger partial charge in [0.1, 0.15) is 0 Å². The van der Waals surface area contributed by atoms with Crippen LogP contribution in [0.15, 0.2) is 0 Å². The first kappa shape index (κ1) is 15.1. The summed E-state index contributed by atoms with van der Waals surface area (Å²) < 4.78 is 0. The molecule has 3 N–H and O–H groups in total. The summed E-state index contributed by atoms with van der Waals surface area (Å²) in [6, 6.07) is -0.0620. The monoisotopic (exact) mass is 284 g/mol. The zero-order valence-electron chi connectivity index (χ0n) is 11.8. The van der Waals surface area contributed by atoms with Gasteiger partial charge in [0.05, 0.1) is 0 Å². The molecule has 2 aliphatic rings. The van der Waals surface area contributed by atoms with E-state index in [9.17, 15) is 9.59 Å². The molecule has 2 heterocycles. The number of urea groups is 1. The SMILES string of the molecule is O=C(O)CC1CCN(C(=O)NCCN2CCNCC2)C1. The summed E-state index contributed by atoms with van der Waals surface area (Å²) >= 11 is 0. The minimum absolute atomic E-state index is 0.0620. The Morgan fingerprint density at radius 2 is 2.00 bits per heavy atom. The number of amides is 2. The largest absolute Gasteiger partial charge is 0.481 e. The Kier molecular flexibility index (Phi) is 5.60. The van der Waals surface area contributed by atoms with E-state index >= 15 is 0 Å². The van der Waals surface area contributed by atoms with Crippen molar-refractivity contribution in [3.05, 3.63) is 0 Å². The number of nitrogens with zero attached hydrogens (tertiary/aromatic N) is 2. The van der Waals surface area contributed by atoms with Crippen molar-refractivity contribution >= 4 is 12.0 Å². The Balaban J connectivity index is 1.61. The fraction of sp³-hybridized carbons (Fsp3) is 0.846. The lowest BCUT2D eigenvalue weighted by Crippen LogP contribution is -2.47. The Bertz CT molecular complexity index is 345. The van der Waals surface area contributed by atoms with Crippen LogP contribution in [0, 0.1) is 5.92 Å². The molecule has 0 aromatic carbocycles. The lowest BCUT2D eigenvalue weighted by molar-refractivity contribution is -0.138. The number of carboxylic acid groups (broad SMARTS) is 1. The van der Waals surface area contributed by atoms with Crippen LogP contribution in [0.3, 0.4) is 0 Å². The van der Waals surface area contributed by atoms with Gasteiger partial charge in [0.25, 0.3) is 0 Å². The summed E-state index contributed by atoms with van der Waals surface area (Å²) in [6.45, 7) is 6.83. The van der Waals surface area contributed by atoms with Gasteiger partial charge in [-0.05, 0) is 12.3 Å². The number of rotatable bonds is 5. The van der Waals surface area contributed by atoms with E-state index in [4.69, 9.17) is 5.11 Å². The van der Waals surface area contributed by atoms with Crippen LogP contribution in [-0.2, 0) is 4.79 Å². The first-order valence-electron chi connectivity index (χ1n) is 7.33. The van der Waals surface area contributed by atoms with Gasteiger partial charge in [-0.3, -0.25) is 9.69 Å². The predicted molar refractivity (Wildman–Crippen MR) is 74.6 cm³/mol. The average Bonchev–Trinajstić information content (AvgIpc) is 2.87. The van der Waals surface area contributed by atoms with Gasteiger partial charge in [-0.25, -0.2) is 4.79 Å². The maximum atomic E-state index is 12.0. The fourth-order valence-corrected chi connectivity index (χ4v) is 2.80. The molecule has 2 saturated heterocycles. The normalized spacial score (nSPS) is 23.8. The van der Waals surface area contributed by atoms with Crippen molar-refractivity contribution < 1.29 is 14.7 Å². The summed E-state index contributed by atoms with van der Waals surface area (Å²) in [5, 5.41) is 15.0. The molecule has 1 unspecified atom stereocenters. The van der Waals surface area contributed by atoms with Crippen LogP contribution in [-0.4, -0.2) is 79.3 Å². The van der Waals surface area contributed by atoms with Crippen molar-refractivity contribution in [3.8, 4) is 0 Å². The van der Waals surface area contributed by atoms with Crippen LogP contribution in [0.5, 0.6) is 0 Å². The molecule has 0 aliphatic carbocycles. The highest BCUT2D eigenvalue weighted by Crippen LogP contribution is 2.19. The Hall–Kier alpha value is -1.34. The first-order valence-corrected chi connectivity index (χ1v) is 7.33. The number of hydrogen-bond acceptors (Lipinski definition) is 4. The number of nitrogens with one attached hydrogen (secondary N) is 2.